The monoisotopic (exact) mass is 396 g/mol. The second-order valence-corrected chi connectivity index (χ2v) is 6.43. The van der Waals surface area contributed by atoms with Gasteiger partial charge in [-0.1, -0.05) is 29.8 Å². The largest absolute Gasteiger partial charge is 0.416 e. The number of fused-ring (bicyclic) bond motifs is 1. The number of amides is 3. The first kappa shape index (κ1) is 18.9. The van der Waals surface area contributed by atoms with Crippen molar-refractivity contribution in [3.63, 3.8) is 0 Å². The molecule has 0 saturated carbocycles. The summed E-state index contributed by atoms with van der Waals surface area (Å²) < 4.78 is 38.5. The van der Waals surface area contributed by atoms with Crippen LogP contribution in [0.4, 0.5) is 23.7 Å². The lowest BCUT2D eigenvalue weighted by molar-refractivity contribution is -0.137. The number of halogens is 4. The first-order valence-electron chi connectivity index (χ1n) is 7.71. The van der Waals surface area contributed by atoms with Crippen LogP contribution in [0.15, 0.2) is 42.5 Å². The van der Waals surface area contributed by atoms with Crippen LogP contribution in [-0.2, 0) is 22.2 Å². The number of Topliss-reactive ketones (excluding diaryl/α,β-unsaturated/α-hetero) is 1. The molecule has 0 spiro atoms. The highest BCUT2D eigenvalue weighted by Crippen LogP contribution is 2.40. The second kappa shape index (κ2) is 6.70. The Morgan fingerprint density at radius 1 is 1.15 bits per heavy atom. The van der Waals surface area contributed by atoms with Gasteiger partial charge >= 0.3 is 12.2 Å². The molecular weight excluding hydrogens is 385 g/mol. The number of imide groups is 1. The molecule has 27 heavy (non-hydrogen) atoms. The van der Waals surface area contributed by atoms with Crippen LogP contribution in [0.3, 0.4) is 0 Å². The molecular formula is C18H12ClF3N2O3. The molecule has 0 aliphatic carbocycles. The number of nitrogens with two attached hydrogens (primary N) is 1. The van der Waals surface area contributed by atoms with Gasteiger partial charge in [-0.05, 0) is 35.4 Å². The average Bonchev–Trinajstić information content (AvgIpc) is 2.85. The van der Waals surface area contributed by atoms with Gasteiger partial charge < -0.3 is 5.73 Å². The molecule has 0 radical (unpaired) electrons. The maximum absolute atomic E-state index is 12.8. The summed E-state index contributed by atoms with van der Waals surface area (Å²) in [6.07, 6.45) is -4.97. The number of urea groups is 1. The minimum atomic E-state index is -4.55. The number of nitrogens with zero attached hydrogens (tertiary/aromatic N) is 1. The van der Waals surface area contributed by atoms with Gasteiger partial charge in [0.2, 0.25) is 5.91 Å². The molecule has 0 saturated heterocycles. The Hall–Kier alpha value is -2.87. The van der Waals surface area contributed by atoms with Gasteiger partial charge in [0.25, 0.3) is 0 Å². The van der Waals surface area contributed by atoms with Crippen LogP contribution in [0, 0.1) is 0 Å². The van der Waals surface area contributed by atoms with E-state index in [2.05, 4.69) is 0 Å². The summed E-state index contributed by atoms with van der Waals surface area (Å²) in [6, 6.07) is 7.41. The molecule has 1 unspecified atom stereocenters. The number of carbonyl (C=O) groups is 3. The molecule has 2 aromatic carbocycles. The van der Waals surface area contributed by atoms with Crippen molar-refractivity contribution in [2.75, 3.05) is 4.90 Å². The van der Waals surface area contributed by atoms with Crippen LogP contribution in [0.25, 0.3) is 0 Å². The quantitative estimate of drug-likeness (QED) is 0.804. The van der Waals surface area contributed by atoms with Gasteiger partial charge in [0.15, 0.2) is 5.78 Å². The molecule has 9 heteroatoms. The summed E-state index contributed by atoms with van der Waals surface area (Å²) in [4.78, 5) is 37.5. The van der Waals surface area contributed by atoms with E-state index >= 15 is 0 Å². The van der Waals surface area contributed by atoms with Crippen LogP contribution >= 0.6 is 11.6 Å². The van der Waals surface area contributed by atoms with E-state index in [1.807, 2.05) is 0 Å². The van der Waals surface area contributed by atoms with E-state index in [4.69, 9.17) is 17.3 Å². The topological polar surface area (TPSA) is 80.5 Å². The molecule has 1 heterocycles. The molecule has 2 aromatic rings. The van der Waals surface area contributed by atoms with Crippen molar-refractivity contribution >= 4 is 35.0 Å². The van der Waals surface area contributed by atoms with Crippen LogP contribution in [0.1, 0.15) is 22.6 Å². The van der Waals surface area contributed by atoms with Crippen molar-refractivity contribution in [3.05, 3.63) is 64.2 Å². The number of carbonyl (C=O) groups excluding carboxylic acids is 3. The minimum absolute atomic E-state index is 0.101. The van der Waals surface area contributed by atoms with Crippen molar-refractivity contribution < 1.29 is 27.6 Å². The van der Waals surface area contributed by atoms with Gasteiger partial charge in [-0.25, -0.2) is 9.69 Å². The first-order valence-corrected chi connectivity index (χ1v) is 8.09. The highest BCUT2D eigenvalue weighted by atomic mass is 35.5. The van der Waals surface area contributed by atoms with Gasteiger partial charge in [-0.3, -0.25) is 9.59 Å². The Morgan fingerprint density at radius 3 is 2.48 bits per heavy atom. The summed E-state index contributed by atoms with van der Waals surface area (Å²) in [5.74, 6) is -2.87. The number of anilines is 1. The lowest BCUT2D eigenvalue weighted by Gasteiger charge is -2.13. The normalized spacial score (nSPS) is 16.4. The third kappa shape index (κ3) is 3.52. The van der Waals surface area contributed by atoms with Crippen molar-refractivity contribution in [1.29, 1.82) is 0 Å². The van der Waals surface area contributed by atoms with Crippen LogP contribution in [0.5, 0.6) is 0 Å². The zero-order valence-corrected chi connectivity index (χ0v) is 14.3. The molecule has 3 rings (SSSR count). The maximum atomic E-state index is 12.8. The Labute approximate surface area is 156 Å². The lowest BCUT2D eigenvalue weighted by Crippen LogP contribution is -2.40. The van der Waals surface area contributed by atoms with Crippen molar-refractivity contribution in [2.45, 2.75) is 18.5 Å². The number of ketones is 1. The Bertz CT molecular complexity index is 959. The highest BCUT2D eigenvalue weighted by molar-refractivity contribution is 6.32. The van der Waals surface area contributed by atoms with Crippen molar-refractivity contribution in [2.24, 2.45) is 5.73 Å². The zero-order chi connectivity index (χ0) is 19.9. The van der Waals surface area contributed by atoms with E-state index < -0.39 is 41.8 Å². The molecule has 3 amide bonds. The maximum Gasteiger partial charge on any atom is 0.416 e. The van der Waals surface area contributed by atoms with Gasteiger partial charge in [0.1, 0.15) is 5.92 Å². The molecule has 0 aromatic heterocycles. The predicted octanol–water partition coefficient (Wildman–Crippen LogP) is 3.68. The van der Waals surface area contributed by atoms with Crippen LogP contribution in [0.2, 0.25) is 5.02 Å². The van der Waals surface area contributed by atoms with Crippen molar-refractivity contribution in [3.8, 4) is 0 Å². The third-order valence-electron chi connectivity index (χ3n) is 4.18. The number of hydrogen-bond donors (Lipinski definition) is 1. The van der Waals surface area contributed by atoms with Gasteiger partial charge in [-0.2, -0.15) is 13.2 Å². The molecule has 1 atom stereocenters. The van der Waals surface area contributed by atoms with Crippen LogP contribution in [-0.4, -0.2) is 17.7 Å². The molecule has 1 aliphatic rings. The van der Waals surface area contributed by atoms with Gasteiger partial charge in [0, 0.05) is 11.4 Å². The number of alkyl halides is 3. The average molecular weight is 397 g/mol. The summed E-state index contributed by atoms with van der Waals surface area (Å²) in [5.41, 5.74) is 4.76. The standard InChI is InChI=1S/C18H12ClF3N2O3/c19-11-4-5-13-12(8-11)15(16(26)24(13)17(23)27)14(25)7-9-2-1-3-10(6-9)18(20,21)22/h1-6,8,15H,7H2,(H2,23,27). The van der Waals surface area contributed by atoms with Gasteiger partial charge in [-0.15, -0.1) is 0 Å². The van der Waals surface area contributed by atoms with E-state index in [1.165, 1.54) is 30.3 Å². The van der Waals surface area contributed by atoms with E-state index in [0.29, 0.717) is 4.90 Å². The first-order chi connectivity index (χ1) is 12.6. The Morgan fingerprint density at radius 2 is 1.85 bits per heavy atom. The van der Waals surface area contributed by atoms with E-state index in [-0.39, 0.29) is 21.8 Å². The molecule has 140 valence electrons. The summed E-state index contributed by atoms with van der Waals surface area (Å²) >= 11 is 5.92. The molecule has 2 N–H and O–H groups in total. The fourth-order valence-electron chi connectivity index (χ4n) is 3.04. The van der Waals surface area contributed by atoms with E-state index in [0.717, 1.165) is 12.1 Å². The fourth-order valence-corrected chi connectivity index (χ4v) is 3.22. The summed E-state index contributed by atoms with van der Waals surface area (Å²) in [5, 5.41) is 0.240. The highest BCUT2D eigenvalue weighted by Gasteiger charge is 2.44. The molecule has 0 fully saturated rings. The molecule has 5 nitrogen and oxygen atoms in total. The third-order valence-corrected chi connectivity index (χ3v) is 4.42. The number of hydrogen-bond acceptors (Lipinski definition) is 3. The van der Waals surface area contributed by atoms with Crippen LogP contribution < -0.4 is 10.6 Å². The number of benzene rings is 2. The SMILES string of the molecule is NC(=O)N1C(=O)C(C(=O)Cc2cccc(C(F)(F)F)c2)c2cc(Cl)ccc21. The summed E-state index contributed by atoms with van der Waals surface area (Å²) in [6.45, 7) is 0. The zero-order valence-electron chi connectivity index (χ0n) is 13.6. The lowest BCUT2D eigenvalue weighted by atomic mass is 9.92. The Balaban J connectivity index is 1.95. The van der Waals surface area contributed by atoms with E-state index in [1.54, 1.807) is 0 Å². The minimum Gasteiger partial charge on any atom is -0.351 e. The van der Waals surface area contributed by atoms with Gasteiger partial charge in [0.05, 0.1) is 11.3 Å². The molecule has 1 aliphatic heterocycles. The summed E-state index contributed by atoms with van der Waals surface area (Å²) in [7, 11) is 0. The molecule has 0 bridgehead atoms. The smallest absolute Gasteiger partial charge is 0.351 e. The second-order valence-electron chi connectivity index (χ2n) is 5.99. The fraction of sp³-hybridized carbons (Fsp3) is 0.167. The number of rotatable bonds is 3. The Kier molecular flexibility index (Phi) is 4.69. The predicted molar refractivity (Wildman–Crippen MR) is 91.4 cm³/mol. The van der Waals surface area contributed by atoms with Crippen molar-refractivity contribution in [1.82, 2.24) is 0 Å². The number of primary amides is 1. The van der Waals surface area contributed by atoms with E-state index in [9.17, 15) is 27.6 Å².